The van der Waals surface area contributed by atoms with Gasteiger partial charge in [-0.15, -0.1) is 22.7 Å². The third-order valence-corrected chi connectivity index (χ3v) is 4.42. The van der Waals surface area contributed by atoms with Gasteiger partial charge >= 0.3 is 0 Å². The van der Waals surface area contributed by atoms with Crippen molar-refractivity contribution < 1.29 is 5.11 Å². The number of para-hydroxylation sites is 1. The van der Waals surface area contributed by atoms with E-state index in [2.05, 4.69) is 16.0 Å². The van der Waals surface area contributed by atoms with E-state index in [9.17, 15) is 5.11 Å². The first-order chi connectivity index (χ1) is 8.33. The standard InChI is InChI=1S/C12H10N2OS2/c15-9(11-6-13-7-16-11)5-12-14-8-3-1-2-4-10(8)17-12/h1-4,6-7,9,15H,5H2. The molecule has 86 valence electrons. The summed E-state index contributed by atoms with van der Waals surface area (Å²) < 4.78 is 1.17. The third kappa shape index (κ3) is 2.22. The lowest BCUT2D eigenvalue weighted by atomic mass is 10.2. The van der Waals surface area contributed by atoms with Gasteiger partial charge in [0.1, 0.15) is 0 Å². The van der Waals surface area contributed by atoms with Crippen LogP contribution in [0.25, 0.3) is 10.2 Å². The third-order valence-electron chi connectivity index (χ3n) is 2.49. The Morgan fingerprint density at radius 3 is 2.94 bits per heavy atom. The lowest BCUT2D eigenvalue weighted by Crippen LogP contribution is -1.98. The molecule has 0 fully saturated rings. The molecular formula is C12H10N2OS2. The number of aliphatic hydroxyl groups is 1. The number of nitrogens with zero attached hydrogens (tertiary/aromatic N) is 2. The van der Waals surface area contributed by atoms with E-state index < -0.39 is 6.10 Å². The fraction of sp³-hybridized carbons (Fsp3) is 0.167. The minimum Gasteiger partial charge on any atom is -0.387 e. The van der Waals surface area contributed by atoms with Crippen molar-refractivity contribution in [1.29, 1.82) is 0 Å². The Morgan fingerprint density at radius 2 is 2.18 bits per heavy atom. The maximum atomic E-state index is 10.0. The van der Waals surface area contributed by atoms with Crippen LogP contribution in [-0.4, -0.2) is 15.1 Å². The molecule has 2 heterocycles. The molecular weight excluding hydrogens is 252 g/mol. The number of thiazole rings is 2. The predicted molar refractivity (Wildman–Crippen MR) is 70.4 cm³/mol. The minimum atomic E-state index is -0.497. The van der Waals surface area contributed by atoms with Gasteiger partial charge in [0.15, 0.2) is 0 Å². The van der Waals surface area contributed by atoms with Crippen molar-refractivity contribution in [2.24, 2.45) is 0 Å². The second kappa shape index (κ2) is 4.52. The van der Waals surface area contributed by atoms with E-state index in [4.69, 9.17) is 0 Å². The number of aromatic nitrogens is 2. The highest BCUT2D eigenvalue weighted by atomic mass is 32.1. The molecule has 0 aliphatic rings. The molecule has 3 aromatic rings. The van der Waals surface area contributed by atoms with Crippen LogP contribution in [0.3, 0.4) is 0 Å². The Balaban J connectivity index is 1.85. The summed E-state index contributed by atoms with van der Waals surface area (Å²) in [6.07, 6.45) is 1.77. The molecule has 2 aromatic heterocycles. The van der Waals surface area contributed by atoms with E-state index in [0.717, 1.165) is 15.4 Å². The summed E-state index contributed by atoms with van der Waals surface area (Å²) in [7, 11) is 0. The van der Waals surface area contributed by atoms with Crippen LogP contribution >= 0.6 is 22.7 Å². The van der Waals surface area contributed by atoms with Crippen molar-refractivity contribution in [3.05, 3.63) is 45.9 Å². The second-order valence-electron chi connectivity index (χ2n) is 3.70. The molecule has 1 N–H and O–H groups in total. The smallest absolute Gasteiger partial charge is 0.0968 e. The van der Waals surface area contributed by atoms with Crippen LogP contribution in [0.4, 0.5) is 0 Å². The Kier molecular flexibility index (Phi) is 2.88. The molecule has 0 saturated carbocycles. The molecule has 1 aromatic carbocycles. The summed E-state index contributed by atoms with van der Waals surface area (Å²) in [5.74, 6) is 0. The van der Waals surface area contributed by atoms with E-state index in [1.165, 1.54) is 16.0 Å². The van der Waals surface area contributed by atoms with Crippen molar-refractivity contribution in [3.8, 4) is 0 Å². The van der Waals surface area contributed by atoms with Crippen LogP contribution in [0.1, 0.15) is 16.0 Å². The first-order valence-electron chi connectivity index (χ1n) is 5.24. The molecule has 0 bridgehead atoms. The Hall–Kier alpha value is -1.30. The number of hydrogen-bond donors (Lipinski definition) is 1. The van der Waals surface area contributed by atoms with Crippen molar-refractivity contribution in [2.75, 3.05) is 0 Å². The predicted octanol–water partition coefficient (Wildman–Crippen LogP) is 3.03. The van der Waals surface area contributed by atoms with Crippen molar-refractivity contribution in [3.63, 3.8) is 0 Å². The Labute approximate surface area is 106 Å². The molecule has 0 amide bonds. The largest absolute Gasteiger partial charge is 0.387 e. The zero-order valence-electron chi connectivity index (χ0n) is 8.91. The Bertz CT molecular complexity index is 585. The highest BCUT2D eigenvalue weighted by Gasteiger charge is 2.13. The first-order valence-corrected chi connectivity index (χ1v) is 6.93. The van der Waals surface area contributed by atoms with Crippen LogP contribution in [0.2, 0.25) is 0 Å². The lowest BCUT2D eigenvalue weighted by Gasteiger charge is -2.03. The quantitative estimate of drug-likeness (QED) is 0.789. The van der Waals surface area contributed by atoms with Crippen molar-refractivity contribution >= 4 is 32.9 Å². The maximum Gasteiger partial charge on any atom is 0.0968 e. The normalized spacial score (nSPS) is 13.0. The zero-order valence-corrected chi connectivity index (χ0v) is 10.5. The summed E-state index contributed by atoms with van der Waals surface area (Å²) >= 11 is 3.11. The molecule has 0 saturated heterocycles. The highest BCUT2D eigenvalue weighted by Crippen LogP contribution is 2.27. The maximum absolute atomic E-state index is 10.0. The first kappa shape index (κ1) is 10.8. The van der Waals surface area contributed by atoms with Crippen molar-refractivity contribution in [2.45, 2.75) is 12.5 Å². The number of fused-ring (bicyclic) bond motifs is 1. The van der Waals surface area contributed by atoms with E-state index in [-0.39, 0.29) is 0 Å². The van der Waals surface area contributed by atoms with Gasteiger partial charge in [0.2, 0.25) is 0 Å². The molecule has 5 heteroatoms. The number of aliphatic hydroxyl groups excluding tert-OH is 1. The number of benzene rings is 1. The fourth-order valence-electron chi connectivity index (χ4n) is 1.66. The van der Waals surface area contributed by atoms with Gasteiger partial charge in [0.25, 0.3) is 0 Å². The molecule has 0 spiro atoms. The van der Waals surface area contributed by atoms with Gasteiger partial charge in [-0.1, -0.05) is 12.1 Å². The van der Waals surface area contributed by atoms with Gasteiger partial charge in [0, 0.05) is 12.6 Å². The van der Waals surface area contributed by atoms with Crippen molar-refractivity contribution in [1.82, 2.24) is 9.97 Å². The average molecular weight is 262 g/mol. The molecule has 1 unspecified atom stereocenters. The van der Waals surface area contributed by atoms with Crippen LogP contribution in [-0.2, 0) is 6.42 Å². The van der Waals surface area contributed by atoms with E-state index in [1.807, 2.05) is 18.2 Å². The topological polar surface area (TPSA) is 46.0 Å². The SMILES string of the molecule is OC(Cc1nc2ccccc2s1)c1cncs1. The molecule has 3 rings (SSSR count). The van der Waals surface area contributed by atoms with E-state index in [0.29, 0.717) is 6.42 Å². The van der Waals surface area contributed by atoms with Gasteiger partial charge in [0.05, 0.1) is 31.7 Å². The number of hydrogen-bond acceptors (Lipinski definition) is 5. The van der Waals surface area contributed by atoms with Gasteiger partial charge < -0.3 is 5.11 Å². The molecule has 0 radical (unpaired) electrons. The molecule has 1 atom stereocenters. The van der Waals surface area contributed by atoms with Gasteiger partial charge in [-0.25, -0.2) is 4.98 Å². The summed E-state index contributed by atoms with van der Waals surface area (Å²) in [5.41, 5.74) is 2.74. The summed E-state index contributed by atoms with van der Waals surface area (Å²) in [4.78, 5) is 9.37. The van der Waals surface area contributed by atoms with Crippen LogP contribution in [0.15, 0.2) is 36.0 Å². The Morgan fingerprint density at radius 1 is 1.29 bits per heavy atom. The highest BCUT2D eigenvalue weighted by molar-refractivity contribution is 7.18. The minimum absolute atomic E-state index is 0.497. The fourth-order valence-corrected chi connectivity index (χ4v) is 3.27. The van der Waals surface area contributed by atoms with E-state index in [1.54, 1.807) is 23.0 Å². The molecule has 0 aliphatic carbocycles. The van der Waals surface area contributed by atoms with Crippen LogP contribution in [0.5, 0.6) is 0 Å². The number of rotatable bonds is 3. The summed E-state index contributed by atoms with van der Waals surface area (Å²) in [6, 6.07) is 8.03. The van der Waals surface area contributed by atoms with E-state index >= 15 is 0 Å². The summed E-state index contributed by atoms with van der Waals surface area (Å²) in [5, 5.41) is 11.0. The zero-order chi connectivity index (χ0) is 11.7. The molecule has 17 heavy (non-hydrogen) atoms. The molecule has 0 aliphatic heterocycles. The monoisotopic (exact) mass is 262 g/mol. The lowest BCUT2D eigenvalue weighted by molar-refractivity contribution is 0.182. The van der Waals surface area contributed by atoms with Crippen LogP contribution < -0.4 is 0 Å². The summed E-state index contributed by atoms with van der Waals surface area (Å²) in [6.45, 7) is 0. The van der Waals surface area contributed by atoms with Crippen LogP contribution in [0, 0.1) is 0 Å². The average Bonchev–Trinajstić information content (AvgIpc) is 2.97. The second-order valence-corrected chi connectivity index (χ2v) is 5.73. The molecule has 3 nitrogen and oxygen atoms in total. The van der Waals surface area contributed by atoms with Gasteiger partial charge in [-0.05, 0) is 12.1 Å². The van der Waals surface area contributed by atoms with Gasteiger partial charge in [-0.3, -0.25) is 4.98 Å². The van der Waals surface area contributed by atoms with Gasteiger partial charge in [-0.2, -0.15) is 0 Å².